The van der Waals surface area contributed by atoms with Crippen molar-refractivity contribution in [3.05, 3.63) is 36.0 Å². The zero-order valence-corrected chi connectivity index (χ0v) is 12.0. The predicted octanol–water partition coefficient (Wildman–Crippen LogP) is 3.15. The highest BCUT2D eigenvalue weighted by atomic mass is 16.5. The van der Waals surface area contributed by atoms with Crippen LogP contribution in [-0.4, -0.2) is 17.1 Å². The maximum Gasteiger partial charge on any atom is 0.148 e. The van der Waals surface area contributed by atoms with Crippen LogP contribution in [0.4, 0.5) is 0 Å². The fraction of sp³-hybridized carbons (Fsp3) is 0.412. The van der Waals surface area contributed by atoms with Gasteiger partial charge < -0.3 is 10.5 Å². The van der Waals surface area contributed by atoms with Gasteiger partial charge in [0.25, 0.3) is 0 Å². The molecule has 1 aromatic carbocycles. The van der Waals surface area contributed by atoms with Gasteiger partial charge in [0.1, 0.15) is 24.0 Å². The van der Waals surface area contributed by atoms with Gasteiger partial charge in [-0.2, -0.15) is 5.26 Å². The van der Waals surface area contributed by atoms with Gasteiger partial charge in [0.05, 0.1) is 11.1 Å². The highest BCUT2D eigenvalue weighted by Crippen LogP contribution is 2.31. The molecule has 0 aliphatic heterocycles. The van der Waals surface area contributed by atoms with Crippen LogP contribution in [0.15, 0.2) is 30.5 Å². The van der Waals surface area contributed by atoms with Crippen LogP contribution < -0.4 is 10.5 Å². The third kappa shape index (κ3) is 2.84. The Hall–Kier alpha value is -2.12. The van der Waals surface area contributed by atoms with Gasteiger partial charge in [-0.05, 0) is 25.0 Å². The summed E-state index contributed by atoms with van der Waals surface area (Å²) in [5, 5.41) is 10.1. The van der Waals surface area contributed by atoms with Crippen molar-refractivity contribution < 1.29 is 4.74 Å². The second-order valence-electron chi connectivity index (χ2n) is 5.84. The number of ether oxygens (including phenoxy) is 1. The van der Waals surface area contributed by atoms with Gasteiger partial charge in [-0.15, -0.1) is 0 Å². The van der Waals surface area contributed by atoms with E-state index in [-0.39, 0.29) is 5.54 Å². The molecular weight excluding hydrogens is 262 g/mol. The van der Waals surface area contributed by atoms with Crippen LogP contribution in [0.25, 0.3) is 10.9 Å². The quantitative estimate of drug-likeness (QED) is 0.938. The number of nitrogens with two attached hydrogens (primary N) is 1. The van der Waals surface area contributed by atoms with E-state index in [0.717, 1.165) is 36.6 Å². The second-order valence-corrected chi connectivity index (χ2v) is 5.84. The first-order valence-corrected chi connectivity index (χ1v) is 7.41. The van der Waals surface area contributed by atoms with Crippen LogP contribution in [0, 0.1) is 11.3 Å². The van der Waals surface area contributed by atoms with E-state index in [2.05, 4.69) is 11.1 Å². The van der Waals surface area contributed by atoms with E-state index in [4.69, 9.17) is 10.5 Å². The fourth-order valence-electron chi connectivity index (χ4n) is 2.97. The van der Waals surface area contributed by atoms with Gasteiger partial charge in [-0.3, -0.25) is 4.98 Å². The number of nitriles is 1. The van der Waals surface area contributed by atoms with Crippen molar-refractivity contribution >= 4 is 10.9 Å². The summed E-state index contributed by atoms with van der Waals surface area (Å²) < 4.78 is 6.00. The van der Waals surface area contributed by atoms with Crippen LogP contribution in [-0.2, 0) is 0 Å². The minimum Gasteiger partial charge on any atom is -0.490 e. The van der Waals surface area contributed by atoms with Crippen LogP contribution >= 0.6 is 0 Å². The zero-order valence-electron chi connectivity index (χ0n) is 12.0. The van der Waals surface area contributed by atoms with Crippen LogP contribution in [0.5, 0.6) is 5.75 Å². The molecule has 108 valence electrons. The molecule has 0 amide bonds. The first-order chi connectivity index (χ1) is 10.2. The summed E-state index contributed by atoms with van der Waals surface area (Å²) in [5.41, 5.74) is 7.45. The number of fused-ring (bicyclic) bond motifs is 1. The number of benzene rings is 1. The molecule has 1 aromatic heterocycles. The molecule has 4 nitrogen and oxygen atoms in total. The Morgan fingerprint density at radius 2 is 2.00 bits per heavy atom. The molecule has 1 saturated carbocycles. The molecule has 4 heteroatoms. The lowest BCUT2D eigenvalue weighted by Crippen LogP contribution is -2.47. The number of para-hydroxylation sites is 1. The van der Waals surface area contributed by atoms with E-state index >= 15 is 0 Å². The molecule has 2 N–H and O–H groups in total. The molecule has 0 bridgehead atoms. The molecule has 3 rings (SSSR count). The molecule has 0 unspecified atom stereocenters. The maximum atomic E-state index is 9.28. The highest BCUT2D eigenvalue weighted by Gasteiger charge is 2.28. The Kier molecular flexibility index (Phi) is 3.76. The van der Waals surface area contributed by atoms with Crippen LogP contribution in [0.2, 0.25) is 0 Å². The molecule has 1 heterocycles. The number of hydrogen-bond donors (Lipinski definition) is 1. The molecule has 0 atom stereocenters. The molecule has 0 saturated heterocycles. The number of pyridine rings is 1. The van der Waals surface area contributed by atoms with E-state index < -0.39 is 0 Å². The van der Waals surface area contributed by atoms with Gasteiger partial charge in [0.2, 0.25) is 0 Å². The molecule has 2 aromatic rings. The Bertz CT molecular complexity index is 684. The van der Waals surface area contributed by atoms with E-state index in [0.29, 0.717) is 17.9 Å². The van der Waals surface area contributed by atoms with Gasteiger partial charge in [-0.25, -0.2) is 0 Å². The molecule has 1 aliphatic carbocycles. The smallest absolute Gasteiger partial charge is 0.148 e. The Morgan fingerprint density at radius 3 is 2.76 bits per heavy atom. The lowest BCUT2D eigenvalue weighted by Gasteiger charge is -2.33. The van der Waals surface area contributed by atoms with Gasteiger partial charge >= 0.3 is 0 Å². The number of hydrogen-bond acceptors (Lipinski definition) is 4. The minimum atomic E-state index is -0.269. The van der Waals surface area contributed by atoms with Crippen molar-refractivity contribution in [3.63, 3.8) is 0 Å². The monoisotopic (exact) mass is 281 g/mol. The first kappa shape index (κ1) is 13.8. The molecular formula is C17H19N3O. The van der Waals surface area contributed by atoms with Crippen molar-refractivity contribution in [1.29, 1.82) is 5.26 Å². The number of aromatic nitrogens is 1. The maximum absolute atomic E-state index is 9.28. The van der Waals surface area contributed by atoms with Crippen molar-refractivity contribution in [2.24, 2.45) is 5.73 Å². The van der Waals surface area contributed by atoms with Crippen molar-refractivity contribution in [3.8, 4) is 11.8 Å². The summed E-state index contributed by atoms with van der Waals surface area (Å²) in [4.78, 5) is 4.29. The normalized spacial score (nSPS) is 17.3. The standard InChI is InChI=1S/C17H19N3O/c18-10-13-11-20-15-7-3-2-6-14(15)16(13)21-12-17(19)8-4-1-5-9-17/h2-3,6-7,11H,1,4-5,8-9,12,19H2. The molecule has 1 fully saturated rings. The Labute approximate surface area is 124 Å². The third-order valence-corrected chi connectivity index (χ3v) is 4.20. The average molecular weight is 281 g/mol. The van der Waals surface area contributed by atoms with E-state index in [9.17, 15) is 5.26 Å². The van der Waals surface area contributed by atoms with Gasteiger partial charge in [-0.1, -0.05) is 31.4 Å². The van der Waals surface area contributed by atoms with E-state index in [1.54, 1.807) is 6.20 Å². The van der Waals surface area contributed by atoms with E-state index in [1.807, 2.05) is 24.3 Å². The molecule has 21 heavy (non-hydrogen) atoms. The SMILES string of the molecule is N#Cc1cnc2ccccc2c1OCC1(N)CCCCC1. The summed E-state index contributed by atoms with van der Waals surface area (Å²) in [6.07, 6.45) is 7.10. The summed E-state index contributed by atoms with van der Waals surface area (Å²) in [7, 11) is 0. The van der Waals surface area contributed by atoms with Crippen molar-refractivity contribution in [2.75, 3.05) is 6.61 Å². The zero-order chi connectivity index (χ0) is 14.7. The summed E-state index contributed by atoms with van der Waals surface area (Å²) in [6, 6.07) is 9.87. The van der Waals surface area contributed by atoms with Gasteiger partial charge in [0, 0.05) is 11.6 Å². The number of nitrogens with zero attached hydrogens (tertiary/aromatic N) is 2. The van der Waals surface area contributed by atoms with Crippen molar-refractivity contribution in [1.82, 2.24) is 4.98 Å². The molecule has 0 spiro atoms. The minimum absolute atomic E-state index is 0.269. The lowest BCUT2D eigenvalue weighted by atomic mass is 9.83. The average Bonchev–Trinajstić information content (AvgIpc) is 2.53. The van der Waals surface area contributed by atoms with Crippen molar-refractivity contribution in [2.45, 2.75) is 37.6 Å². The predicted molar refractivity (Wildman–Crippen MR) is 82.0 cm³/mol. The van der Waals surface area contributed by atoms with Gasteiger partial charge in [0.15, 0.2) is 0 Å². The van der Waals surface area contributed by atoms with Crippen LogP contribution in [0.1, 0.15) is 37.7 Å². The summed E-state index contributed by atoms with van der Waals surface area (Å²) in [5.74, 6) is 0.610. The van der Waals surface area contributed by atoms with E-state index in [1.165, 1.54) is 6.42 Å². The largest absolute Gasteiger partial charge is 0.490 e. The summed E-state index contributed by atoms with van der Waals surface area (Å²) in [6.45, 7) is 0.454. The summed E-state index contributed by atoms with van der Waals surface area (Å²) >= 11 is 0. The van der Waals surface area contributed by atoms with Crippen LogP contribution in [0.3, 0.4) is 0 Å². The Balaban J connectivity index is 1.90. The molecule has 0 radical (unpaired) electrons. The fourth-order valence-corrected chi connectivity index (χ4v) is 2.97. The Morgan fingerprint density at radius 1 is 1.24 bits per heavy atom. The third-order valence-electron chi connectivity index (χ3n) is 4.20. The second kappa shape index (κ2) is 5.71. The lowest BCUT2D eigenvalue weighted by molar-refractivity contribution is 0.175. The topological polar surface area (TPSA) is 71.9 Å². The highest BCUT2D eigenvalue weighted by molar-refractivity contribution is 5.87. The number of rotatable bonds is 3. The molecule has 1 aliphatic rings. The first-order valence-electron chi connectivity index (χ1n) is 7.41.